The van der Waals surface area contributed by atoms with E-state index in [1.165, 1.54) is 0 Å². The quantitative estimate of drug-likeness (QED) is 0.809. The molecule has 1 fully saturated rings. The molecular formula is C17H16ClN3O. The predicted octanol–water partition coefficient (Wildman–Crippen LogP) is 3.43. The molecule has 4 nitrogen and oxygen atoms in total. The van der Waals surface area contributed by atoms with E-state index in [0.717, 1.165) is 43.3 Å². The molecule has 4 rings (SSSR count). The van der Waals surface area contributed by atoms with Crippen LogP contribution in [-0.4, -0.2) is 36.9 Å². The van der Waals surface area contributed by atoms with Crippen molar-refractivity contribution in [3.8, 4) is 11.5 Å². The molecule has 2 aliphatic rings. The van der Waals surface area contributed by atoms with Crippen LogP contribution in [0.15, 0.2) is 47.5 Å². The molecule has 2 aromatic rings. The minimum absolute atomic E-state index is 0.609. The fourth-order valence-corrected chi connectivity index (χ4v) is 3.04. The molecule has 2 aliphatic heterocycles. The first-order valence-electron chi connectivity index (χ1n) is 7.43. The molecule has 1 saturated heterocycles. The Balaban J connectivity index is 1.90. The van der Waals surface area contributed by atoms with E-state index < -0.39 is 0 Å². The number of amidine groups is 1. The molecule has 0 unspecified atom stereocenters. The molecule has 1 N–H and O–H groups in total. The van der Waals surface area contributed by atoms with Gasteiger partial charge in [0.15, 0.2) is 5.75 Å². The monoisotopic (exact) mass is 313 g/mol. The Labute approximate surface area is 134 Å². The molecule has 0 saturated carbocycles. The van der Waals surface area contributed by atoms with Gasteiger partial charge in [-0.2, -0.15) is 0 Å². The number of nitrogens with zero attached hydrogens (tertiary/aromatic N) is 2. The highest BCUT2D eigenvalue weighted by Gasteiger charge is 2.24. The van der Waals surface area contributed by atoms with Gasteiger partial charge in [0, 0.05) is 26.2 Å². The summed E-state index contributed by atoms with van der Waals surface area (Å²) in [6.07, 6.45) is 0. The normalized spacial score (nSPS) is 17.0. The van der Waals surface area contributed by atoms with Gasteiger partial charge in [-0.25, -0.2) is 4.99 Å². The largest absolute Gasteiger partial charge is 0.454 e. The summed E-state index contributed by atoms with van der Waals surface area (Å²) in [5.74, 6) is 2.45. The van der Waals surface area contributed by atoms with Gasteiger partial charge in [0.1, 0.15) is 17.3 Å². The number of benzene rings is 2. The fraction of sp³-hybridized carbons (Fsp3) is 0.235. The Bertz CT molecular complexity index is 738. The molecular weight excluding hydrogens is 298 g/mol. The van der Waals surface area contributed by atoms with Crippen LogP contribution in [0.4, 0.5) is 5.69 Å². The molecule has 2 aromatic carbocycles. The van der Waals surface area contributed by atoms with E-state index in [2.05, 4.69) is 16.3 Å². The Kier molecular flexibility index (Phi) is 3.48. The first-order valence-corrected chi connectivity index (χ1v) is 7.81. The maximum atomic E-state index is 6.34. The molecule has 0 radical (unpaired) electrons. The third-order valence-electron chi connectivity index (χ3n) is 3.93. The second-order valence-corrected chi connectivity index (χ2v) is 5.76. The van der Waals surface area contributed by atoms with Crippen molar-refractivity contribution >= 4 is 23.1 Å². The zero-order chi connectivity index (χ0) is 14.9. The minimum Gasteiger partial charge on any atom is -0.454 e. The minimum atomic E-state index is 0.609. The number of rotatable bonds is 0. The Morgan fingerprint density at radius 2 is 1.77 bits per heavy atom. The van der Waals surface area contributed by atoms with E-state index in [0.29, 0.717) is 16.5 Å². The van der Waals surface area contributed by atoms with Gasteiger partial charge < -0.3 is 15.0 Å². The standard InChI is InChI=1S/C17H16ClN3O/c18-13-5-3-7-15-16(13)20-17(21-10-8-19-9-11-21)12-4-1-2-6-14(12)22-15/h1-7,19H,8-11H2. The van der Waals surface area contributed by atoms with Crippen molar-refractivity contribution in [2.45, 2.75) is 0 Å². The van der Waals surface area contributed by atoms with E-state index in [1.807, 2.05) is 36.4 Å². The van der Waals surface area contributed by atoms with Gasteiger partial charge >= 0.3 is 0 Å². The van der Waals surface area contributed by atoms with Crippen LogP contribution in [0.5, 0.6) is 11.5 Å². The van der Waals surface area contributed by atoms with E-state index in [4.69, 9.17) is 21.3 Å². The summed E-state index contributed by atoms with van der Waals surface area (Å²) >= 11 is 6.34. The Hall–Kier alpha value is -2.04. The maximum Gasteiger partial charge on any atom is 0.154 e. The van der Waals surface area contributed by atoms with Gasteiger partial charge in [0.2, 0.25) is 0 Å². The maximum absolute atomic E-state index is 6.34. The highest BCUT2D eigenvalue weighted by Crippen LogP contribution is 2.42. The van der Waals surface area contributed by atoms with Crippen molar-refractivity contribution < 1.29 is 4.74 Å². The van der Waals surface area contributed by atoms with Gasteiger partial charge in [-0.15, -0.1) is 0 Å². The molecule has 22 heavy (non-hydrogen) atoms. The van der Waals surface area contributed by atoms with Crippen LogP contribution in [0.2, 0.25) is 5.02 Å². The number of hydrogen-bond donors (Lipinski definition) is 1. The molecule has 112 valence electrons. The van der Waals surface area contributed by atoms with Crippen molar-refractivity contribution in [3.05, 3.63) is 53.1 Å². The van der Waals surface area contributed by atoms with Crippen molar-refractivity contribution in [1.29, 1.82) is 0 Å². The van der Waals surface area contributed by atoms with Gasteiger partial charge in [-0.1, -0.05) is 29.8 Å². The number of fused-ring (bicyclic) bond motifs is 2. The summed E-state index contributed by atoms with van der Waals surface area (Å²) in [7, 11) is 0. The van der Waals surface area contributed by atoms with Crippen LogP contribution in [0.25, 0.3) is 0 Å². The zero-order valence-corrected chi connectivity index (χ0v) is 12.8. The predicted molar refractivity (Wildman–Crippen MR) is 88.6 cm³/mol. The SMILES string of the molecule is Clc1cccc2c1N=C(N1CCNCC1)c1ccccc1O2. The zero-order valence-electron chi connectivity index (χ0n) is 12.1. The lowest BCUT2D eigenvalue weighted by Gasteiger charge is -2.30. The van der Waals surface area contributed by atoms with Crippen LogP contribution in [-0.2, 0) is 0 Å². The summed E-state index contributed by atoms with van der Waals surface area (Å²) < 4.78 is 6.06. The number of piperazine rings is 1. The van der Waals surface area contributed by atoms with Crippen LogP contribution in [0.1, 0.15) is 5.56 Å². The van der Waals surface area contributed by atoms with Crippen molar-refractivity contribution in [1.82, 2.24) is 10.2 Å². The second-order valence-electron chi connectivity index (χ2n) is 5.36. The fourth-order valence-electron chi connectivity index (χ4n) is 2.83. The van der Waals surface area contributed by atoms with E-state index >= 15 is 0 Å². The number of hydrogen-bond acceptors (Lipinski definition) is 4. The second kappa shape index (κ2) is 5.63. The summed E-state index contributed by atoms with van der Waals surface area (Å²) in [5, 5.41) is 3.98. The number of aliphatic imine (C=N–C) groups is 1. The average Bonchev–Trinajstić information content (AvgIpc) is 2.73. The van der Waals surface area contributed by atoms with Crippen molar-refractivity contribution in [2.24, 2.45) is 4.99 Å². The molecule has 5 heteroatoms. The molecule has 0 atom stereocenters. The smallest absolute Gasteiger partial charge is 0.154 e. The number of nitrogens with one attached hydrogen (secondary N) is 1. The lowest BCUT2D eigenvalue weighted by Crippen LogP contribution is -2.46. The molecule has 0 bridgehead atoms. The number of ether oxygens (including phenoxy) is 1. The first-order chi connectivity index (χ1) is 10.8. The highest BCUT2D eigenvalue weighted by molar-refractivity contribution is 6.33. The molecule has 0 spiro atoms. The van der Waals surface area contributed by atoms with E-state index in [1.54, 1.807) is 0 Å². The molecule has 2 heterocycles. The number of halogens is 1. The van der Waals surface area contributed by atoms with Crippen LogP contribution >= 0.6 is 11.6 Å². The summed E-state index contributed by atoms with van der Waals surface area (Å²) in [6, 6.07) is 13.6. The van der Waals surface area contributed by atoms with E-state index in [-0.39, 0.29) is 0 Å². The lowest BCUT2D eigenvalue weighted by molar-refractivity contribution is 0.357. The van der Waals surface area contributed by atoms with E-state index in [9.17, 15) is 0 Å². The van der Waals surface area contributed by atoms with Gasteiger partial charge in [0.05, 0.1) is 10.6 Å². The van der Waals surface area contributed by atoms with Gasteiger partial charge in [-0.05, 0) is 24.3 Å². The first kappa shape index (κ1) is 13.6. The average molecular weight is 314 g/mol. The molecule has 0 aliphatic carbocycles. The molecule has 0 amide bonds. The summed E-state index contributed by atoms with van der Waals surface area (Å²) in [6.45, 7) is 3.76. The lowest BCUT2D eigenvalue weighted by atomic mass is 10.1. The highest BCUT2D eigenvalue weighted by atomic mass is 35.5. The van der Waals surface area contributed by atoms with Crippen molar-refractivity contribution in [2.75, 3.05) is 26.2 Å². The van der Waals surface area contributed by atoms with Gasteiger partial charge in [-0.3, -0.25) is 0 Å². The van der Waals surface area contributed by atoms with Crippen molar-refractivity contribution in [3.63, 3.8) is 0 Å². The summed E-state index contributed by atoms with van der Waals surface area (Å²) in [5.41, 5.74) is 1.71. The van der Waals surface area contributed by atoms with Crippen LogP contribution in [0, 0.1) is 0 Å². The topological polar surface area (TPSA) is 36.9 Å². The van der Waals surface area contributed by atoms with Gasteiger partial charge in [0.25, 0.3) is 0 Å². The molecule has 0 aromatic heterocycles. The summed E-state index contributed by atoms with van der Waals surface area (Å²) in [4.78, 5) is 7.15. The Morgan fingerprint density at radius 1 is 1.00 bits per heavy atom. The Morgan fingerprint density at radius 3 is 2.64 bits per heavy atom. The van der Waals surface area contributed by atoms with Crippen LogP contribution < -0.4 is 10.1 Å². The third-order valence-corrected chi connectivity index (χ3v) is 4.24. The number of para-hydroxylation sites is 2. The third kappa shape index (κ3) is 2.34. The van der Waals surface area contributed by atoms with Crippen LogP contribution in [0.3, 0.4) is 0 Å².